The quantitative estimate of drug-likeness (QED) is 0.714. The van der Waals surface area contributed by atoms with E-state index in [0.717, 1.165) is 18.5 Å². The van der Waals surface area contributed by atoms with Crippen LogP contribution in [0.1, 0.15) is 26.7 Å². The van der Waals surface area contributed by atoms with E-state index in [1.165, 1.54) is 0 Å². The summed E-state index contributed by atoms with van der Waals surface area (Å²) in [6.45, 7) is 4.07. The van der Waals surface area contributed by atoms with Gasteiger partial charge in [0.2, 0.25) is 10.0 Å². The van der Waals surface area contributed by atoms with Crippen molar-refractivity contribution in [2.75, 3.05) is 11.9 Å². The number of hydrogen-bond acceptors (Lipinski definition) is 4. The van der Waals surface area contributed by atoms with Crippen molar-refractivity contribution < 1.29 is 13.5 Å². The molecule has 0 bridgehead atoms. The van der Waals surface area contributed by atoms with Crippen LogP contribution >= 0.6 is 0 Å². The minimum atomic E-state index is -3.44. The van der Waals surface area contributed by atoms with Crippen LogP contribution in [-0.2, 0) is 10.0 Å². The van der Waals surface area contributed by atoms with Gasteiger partial charge in [-0.25, -0.2) is 13.1 Å². The molecule has 0 saturated heterocycles. The van der Waals surface area contributed by atoms with Crippen molar-refractivity contribution in [3.63, 3.8) is 0 Å². The fourth-order valence-corrected chi connectivity index (χ4v) is 3.25. The maximum absolute atomic E-state index is 11.9. The summed E-state index contributed by atoms with van der Waals surface area (Å²) in [5.74, 6) is 0.428. The Morgan fingerprint density at radius 3 is 2.35 bits per heavy atom. The molecule has 1 saturated carbocycles. The van der Waals surface area contributed by atoms with E-state index in [1.807, 2.05) is 0 Å². The Morgan fingerprint density at radius 1 is 1.25 bits per heavy atom. The summed E-state index contributed by atoms with van der Waals surface area (Å²) in [5, 5.41) is 12.9. The first kappa shape index (κ1) is 15.3. The molecule has 3 N–H and O–H groups in total. The number of nitrogens with one attached hydrogen (secondary N) is 2. The number of aliphatic hydroxyl groups excluding tert-OH is 1. The SMILES string of the molecule is CC(C)NS(=O)(=O)c1ccc(NCC(O)C2CC2)cc1. The van der Waals surface area contributed by atoms with Gasteiger partial charge in [0.15, 0.2) is 0 Å². The minimum Gasteiger partial charge on any atom is -0.391 e. The van der Waals surface area contributed by atoms with Crippen LogP contribution in [0.3, 0.4) is 0 Å². The molecule has 0 aromatic heterocycles. The summed E-state index contributed by atoms with van der Waals surface area (Å²) in [5.41, 5.74) is 0.813. The van der Waals surface area contributed by atoms with Gasteiger partial charge in [-0.05, 0) is 56.9 Å². The third-order valence-electron chi connectivity index (χ3n) is 3.24. The zero-order valence-corrected chi connectivity index (χ0v) is 12.7. The number of benzene rings is 1. The number of aliphatic hydroxyl groups is 1. The molecule has 0 spiro atoms. The van der Waals surface area contributed by atoms with Crippen molar-refractivity contribution in [1.29, 1.82) is 0 Å². The lowest BCUT2D eigenvalue weighted by Gasteiger charge is -2.13. The second-order valence-electron chi connectivity index (χ2n) is 5.59. The predicted molar refractivity (Wildman–Crippen MR) is 79.1 cm³/mol. The lowest BCUT2D eigenvalue weighted by molar-refractivity contribution is 0.164. The van der Waals surface area contributed by atoms with Crippen LogP contribution in [0.4, 0.5) is 5.69 Å². The van der Waals surface area contributed by atoms with E-state index in [0.29, 0.717) is 12.5 Å². The standard InChI is InChI=1S/C14H22N2O3S/c1-10(2)16-20(18,19)13-7-5-12(6-8-13)15-9-14(17)11-3-4-11/h5-8,10-11,14-17H,3-4,9H2,1-2H3. The normalized spacial score (nSPS) is 17.2. The fourth-order valence-electron chi connectivity index (χ4n) is 2.00. The summed E-state index contributed by atoms with van der Waals surface area (Å²) in [7, 11) is -3.44. The van der Waals surface area contributed by atoms with Crippen molar-refractivity contribution in [3.8, 4) is 0 Å². The average Bonchev–Trinajstić information content (AvgIpc) is 3.19. The van der Waals surface area contributed by atoms with Gasteiger partial charge in [-0.3, -0.25) is 0 Å². The lowest BCUT2D eigenvalue weighted by Crippen LogP contribution is -2.30. The Balaban J connectivity index is 1.95. The van der Waals surface area contributed by atoms with Gasteiger partial charge in [-0.15, -0.1) is 0 Å². The van der Waals surface area contributed by atoms with Crippen LogP contribution < -0.4 is 10.0 Å². The molecule has 1 aromatic rings. The molecule has 112 valence electrons. The molecule has 1 aromatic carbocycles. The number of hydrogen-bond donors (Lipinski definition) is 3. The second kappa shape index (κ2) is 6.11. The molecule has 0 aliphatic heterocycles. The minimum absolute atomic E-state index is 0.133. The van der Waals surface area contributed by atoms with E-state index in [-0.39, 0.29) is 17.0 Å². The van der Waals surface area contributed by atoms with E-state index in [2.05, 4.69) is 10.0 Å². The molecule has 0 amide bonds. The zero-order chi connectivity index (χ0) is 14.8. The van der Waals surface area contributed by atoms with E-state index >= 15 is 0 Å². The molecule has 1 unspecified atom stereocenters. The highest BCUT2D eigenvalue weighted by Gasteiger charge is 2.29. The van der Waals surface area contributed by atoms with Crippen LogP contribution in [0.25, 0.3) is 0 Å². The highest BCUT2D eigenvalue weighted by molar-refractivity contribution is 7.89. The van der Waals surface area contributed by atoms with E-state index in [4.69, 9.17) is 0 Å². The van der Waals surface area contributed by atoms with Crippen LogP contribution in [0, 0.1) is 5.92 Å². The van der Waals surface area contributed by atoms with E-state index in [1.54, 1.807) is 38.1 Å². The first-order valence-corrected chi connectivity index (χ1v) is 8.41. The summed E-state index contributed by atoms with van der Waals surface area (Å²) in [6, 6.07) is 6.43. The molecule has 0 radical (unpaired) electrons. The monoisotopic (exact) mass is 298 g/mol. The highest BCUT2D eigenvalue weighted by atomic mass is 32.2. The summed E-state index contributed by atoms with van der Waals surface area (Å²) >= 11 is 0. The Labute approximate surface area is 120 Å². The molecule has 20 heavy (non-hydrogen) atoms. The van der Waals surface area contributed by atoms with Crippen LogP contribution in [-0.4, -0.2) is 32.2 Å². The second-order valence-corrected chi connectivity index (χ2v) is 7.30. The summed E-state index contributed by atoms with van der Waals surface area (Å²) < 4.78 is 26.4. The molecule has 6 heteroatoms. The van der Waals surface area contributed by atoms with Gasteiger partial charge in [0.25, 0.3) is 0 Å². The van der Waals surface area contributed by atoms with Crippen molar-refractivity contribution in [2.24, 2.45) is 5.92 Å². The largest absolute Gasteiger partial charge is 0.391 e. The van der Waals surface area contributed by atoms with E-state index in [9.17, 15) is 13.5 Å². The van der Waals surface area contributed by atoms with Gasteiger partial charge in [-0.2, -0.15) is 0 Å². The summed E-state index contributed by atoms with van der Waals surface area (Å²) in [4.78, 5) is 0.250. The van der Waals surface area contributed by atoms with Crippen molar-refractivity contribution >= 4 is 15.7 Å². The van der Waals surface area contributed by atoms with Gasteiger partial charge in [0, 0.05) is 18.3 Å². The Morgan fingerprint density at radius 2 is 1.85 bits per heavy atom. The van der Waals surface area contributed by atoms with Gasteiger partial charge in [0.05, 0.1) is 11.0 Å². The average molecular weight is 298 g/mol. The third kappa shape index (κ3) is 4.19. The van der Waals surface area contributed by atoms with Crippen LogP contribution in [0.15, 0.2) is 29.2 Å². The highest BCUT2D eigenvalue weighted by Crippen LogP contribution is 2.32. The van der Waals surface area contributed by atoms with Gasteiger partial charge in [-0.1, -0.05) is 0 Å². The van der Waals surface area contributed by atoms with Crippen LogP contribution in [0.2, 0.25) is 0 Å². The first-order valence-electron chi connectivity index (χ1n) is 6.93. The molecule has 0 heterocycles. The van der Waals surface area contributed by atoms with Crippen molar-refractivity contribution in [1.82, 2.24) is 4.72 Å². The topological polar surface area (TPSA) is 78.4 Å². The number of sulfonamides is 1. The summed E-state index contributed by atoms with van der Waals surface area (Å²) in [6.07, 6.45) is 1.88. The Hall–Kier alpha value is -1.11. The van der Waals surface area contributed by atoms with Crippen molar-refractivity contribution in [2.45, 2.75) is 43.7 Å². The maximum atomic E-state index is 11.9. The molecule has 2 rings (SSSR count). The number of anilines is 1. The molecule has 5 nitrogen and oxygen atoms in total. The predicted octanol–water partition coefficient (Wildman–Crippen LogP) is 1.56. The van der Waals surface area contributed by atoms with Gasteiger partial charge >= 0.3 is 0 Å². The Bertz CT molecular complexity index is 536. The van der Waals surface area contributed by atoms with E-state index < -0.39 is 10.0 Å². The number of rotatable bonds is 7. The zero-order valence-electron chi connectivity index (χ0n) is 11.8. The van der Waals surface area contributed by atoms with Gasteiger partial charge in [0.1, 0.15) is 0 Å². The van der Waals surface area contributed by atoms with Crippen LogP contribution in [0.5, 0.6) is 0 Å². The first-order chi connectivity index (χ1) is 9.38. The third-order valence-corrected chi connectivity index (χ3v) is 4.91. The maximum Gasteiger partial charge on any atom is 0.240 e. The molecule has 1 fully saturated rings. The molecular weight excluding hydrogens is 276 g/mol. The smallest absolute Gasteiger partial charge is 0.240 e. The fraction of sp³-hybridized carbons (Fsp3) is 0.571. The molecule has 1 atom stereocenters. The van der Waals surface area contributed by atoms with Crippen molar-refractivity contribution in [3.05, 3.63) is 24.3 Å². The molecule has 1 aliphatic carbocycles. The Kier molecular flexibility index (Phi) is 4.67. The van der Waals surface area contributed by atoms with Gasteiger partial charge < -0.3 is 10.4 Å². The molecule has 1 aliphatic rings. The lowest BCUT2D eigenvalue weighted by atomic mass is 10.2. The molecular formula is C14H22N2O3S.